The maximum absolute atomic E-state index is 12.8. The van der Waals surface area contributed by atoms with Crippen LogP contribution in [-0.4, -0.2) is 31.6 Å². The number of hydrogen-bond donors (Lipinski definition) is 1. The molecule has 0 spiro atoms. The Morgan fingerprint density at radius 1 is 1.03 bits per heavy atom. The minimum atomic E-state index is -4.84. The van der Waals surface area contributed by atoms with E-state index in [4.69, 9.17) is 4.74 Å². The number of pyridine rings is 1. The highest BCUT2D eigenvalue weighted by Gasteiger charge is 2.31. The molecule has 8 nitrogen and oxygen atoms in total. The molecule has 0 saturated carbocycles. The first-order valence-electron chi connectivity index (χ1n) is 9.79. The molecule has 0 saturated heterocycles. The van der Waals surface area contributed by atoms with E-state index < -0.39 is 29.7 Å². The van der Waals surface area contributed by atoms with Crippen LogP contribution in [0.2, 0.25) is 0 Å². The van der Waals surface area contributed by atoms with Gasteiger partial charge in [-0.3, -0.25) is 4.57 Å². The second-order valence-electron chi connectivity index (χ2n) is 7.03. The van der Waals surface area contributed by atoms with Crippen molar-refractivity contribution in [2.75, 3.05) is 0 Å². The number of imidazole rings is 1. The summed E-state index contributed by atoms with van der Waals surface area (Å²) < 4.78 is 48.2. The zero-order valence-corrected chi connectivity index (χ0v) is 17.3. The highest BCUT2D eigenvalue weighted by Crippen LogP contribution is 2.24. The molecule has 2 aromatic heterocycles. The molecule has 0 bridgehead atoms. The monoisotopic (exact) mass is 471 g/mol. The molecular weight excluding hydrogens is 455 g/mol. The van der Waals surface area contributed by atoms with Crippen molar-refractivity contribution in [2.24, 2.45) is 0 Å². The SMILES string of the molecule is O=C(Oc1cc(Cn2cc(O)n(-c3ccc(OC(F)(F)F)cc3)c2=O)ccn1)c1ccccc1. The van der Waals surface area contributed by atoms with E-state index in [0.717, 1.165) is 16.7 Å². The van der Waals surface area contributed by atoms with Crippen LogP contribution in [0.15, 0.2) is 83.9 Å². The molecule has 2 heterocycles. The summed E-state index contributed by atoms with van der Waals surface area (Å²) in [6.07, 6.45) is -2.26. The number of benzene rings is 2. The summed E-state index contributed by atoms with van der Waals surface area (Å²) >= 11 is 0. The van der Waals surface area contributed by atoms with Crippen molar-refractivity contribution in [3.8, 4) is 23.2 Å². The van der Waals surface area contributed by atoms with Crippen LogP contribution in [0.5, 0.6) is 17.5 Å². The van der Waals surface area contributed by atoms with E-state index in [1.165, 1.54) is 35.2 Å². The molecule has 0 unspecified atom stereocenters. The van der Waals surface area contributed by atoms with E-state index >= 15 is 0 Å². The zero-order chi connectivity index (χ0) is 24.3. The van der Waals surface area contributed by atoms with Gasteiger partial charge in [0, 0.05) is 12.3 Å². The topological polar surface area (TPSA) is 95.6 Å². The summed E-state index contributed by atoms with van der Waals surface area (Å²) in [5, 5.41) is 10.2. The molecule has 11 heteroatoms. The molecule has 0 aliphatic heterocycles. The van der Waals surface area contributed by atoms with Crippen molar-refractivity contribution < 1.29 is 32.5 Å². The second kappa shape index (κ2) is 9.14. The van der Waals surface area contributed by atoms with Gasteiger partial charge in [-0.2, -0.15) is 0 Å². The van der Waals surface area contributed by atoms with Crippen LogP contribution in [0.25, 0.3) is 5.69 Å². The molecule has 0 aliphatic rings. The van der Waals surface area contributed by atoms with Crippen LogP contribution in [0.4, 0.5) is 13.2 Å². The lowest BCUT2D eigenvalue weighted by atomic mass is 10.2. The van der Waals surface area contributed by atoms with Crippen LogP contribution < -0.4 is 15.2 Å². The summed E-state index contributed by atoms with van der Waals surface area (Å²) in [5.41, 5.74) is 0.406. The maximum Gasteiger partial charge on any atom is 0.573 e. The minimum absolute atomic E-state index is 0.00701. The summed E-state index contributed by atoms with van der Waals surface area (Å²) in [4.78, 5) is 29.0. The Morgan fingerprint density at radius 3 is 2.41 bits per heavy atom. The smallest absolute Gasteiger partial charge is 0.493 e. The Balaban J connectivity index is 1.52. The Bertz CT molecular complexity index is 1360. The van der Waals surface area contributed by atoms with Gasteiger partial charge >= 0.3 is 18.0 Å². The molecule has 1 N–H and O–H groups in total. The van der Waals surface area contributed by atoms with Gasteiger partial charge in [0.25, 0.3) is 0 Å². The first kappa shape index (κ1) is 22.6. The fourth-order valence-electron chi connectivity index (χ4n) is 3.16. The fraction of sp³-hybridized carbons (Fsp3) is 0.0870. The lowest BCUT2D eigenvalue weighted by Gasteiger charge is -2.09. The largest absolute Gasteiger partial charge is 0.573 e. The van der Waals surface area contributed by atoms with E-state index in [9.17, 15) is 27.9 Å². The molecule has 34 heavy (non-hydrogen) atoms. The molecule has 0 radical (unpaired) electrons. The van der Waals surface area contributed by atoms with Crippen LogP contribution in [0, 0.1) is 0 Å². The maximum atomic E-state index is 12.8. The number of alkyl halides is 3. The molecule has 4 rings (SSSR count). The first-order valence-corrected chi connectivity index (χ1v) is 9.79. The standard InChI is InChI=1S/C23H16F3N3O5/c24-23(25,26)34-18-8-6-17(7-9-18)29-20(30)14-28(22(29)32)13-15-10-11-27-19(12-15)33-21(31)16-4-2-1-3-5-16/h1-12,14,30H,13H2. The van der Waals surface area contributed by atoms with Gasteiger partial charge in [-0.05, 0) is 48.0 Å². The number of halogens is 3. The van der Waals surface area contributed by atoms with E-state index in [1.807, 2.05) is 0 Å². The quantitative estimate of drug-likeness (QED) is 0.429. The van der Waals surface area contributed by atoms with E-state index in [2.05, 4.69) is 9.72 Å². The Hall–Kier alpha value is -4.54. The number of aromatic hydroxyl groups is 1. The summed E-state index contributed by atoms with van der Waals surface area (Å²) in [6, 6.07) is 15.9. The second-order valence-corrected chi connectivity index (χ2v) is 7.03. The van der Waals surface area contributed by atoms with Gasteiger partial charge in [0.05, 0.1) is 24.0 Å². The van der Waals surface area contributed by atoms with Crippen molar-refractivity contribution in [3.63, 3.8) is 0 Å². The number of ether oxygens (including phenoxy) is 2. The van der Waals surface area contributed by atoms with Crippen molar-refractivity contribution in [2.45, 2.75) is 12.9 Å². The third-order valence-corrected chi connectivity index (χ3v) is 4.62. The number of nitrogens with zero attached hydrogens (tertiary/aromatic N) is 3. The lowest BCUT2D eigenvalue weighted by molar-refractivity contribution is -0.274. The Kier molecular flexibility index (Phi) is 6.09. The Labute approximate surface area is 190 Å². The summed E-state index contributed by atoms with van der Waals surface area (Å²) in [5.74, 6) is -1.44. The highest BCUT2D eigenvalue weighted by molar-refractivity contribution is 5.90. The number of esters is 1. The zero-order valence-electron chi connectivity index (χ0n) is 17.3. The summed E-state index contributed by atoms with van der Waals surface area (Å²) in [7, 11) is 0. The van der Waals surface area contributed by atoms with Crippen LogP contribution in [-0.2, 0) is 6.54 Å². The predicted molar refractivity (Wildman–Crippen MR) is 113 cm³/mol. The first-order chi connectivity index (χ1) is 16.2. The van der Waals surface area contributed by atoms with Crippen LogP contribution in [0.3, 0.4) is 0 Å². The number of carbonyl (C=O) groups is 1. The van der Waals surface area contributed by atoms with Crippen LogP contribution in [0.1, 0.15) is 15.9 Å². The van der Waals surface area contributed by atoms with Crippen LogP contribution >= 0.6 is 0 Å². The number of carbonyl (C=O) groups excluding carboxylic acids is 1. The van der Waals surface area contributed by atoms with Crippen molar-refractivity contribution in [1.29, 1.82) is 0 Å². The number of aromatic nitrogens is 3. The normalized spacial score (nSPS) is 11.3. The number of hydrogen-bond acceptors (Lipinski definition) is 6. The third kappa shape index (κ3) is 5.26. The molecular formula is C23H16F3N3O5. The molecule has 174 valence electrons. The average molecular weight is 471 g/mol. The number of rotatable bonds is 6. The Morgan fingerprint density at radius 2 is 1.74 bits per heavy atom. The van der Waals surface area contributed by atoms with E-state index in [0.29, 0.717) is 11.1 Å². The van der Waals surface area contributed by atoms with Crippen molar-refractivity contribution in [1.82, 2.24) is 14.1 Å². The van der Waals surface area contributed by atoms with Gasteiger partial charge in [-0.1, -0.05) is 18.2 Å². The fourth-order valence-corrected chi connectivity index (χ4v) is 3.16. The van der Waals surface area contributed by atoms with Gasteiger partial charge in [0.1, 0.15) is 5.75 Å². The molecule has 2 aromatic carbocycles. The average Bonchev–Trinajstić information content (AvgIpc) is 3.07. The van der Waals surface area contributed by atoms with Gasteiger partial charge in [-0.25, -0.2) is 19.1 Å². The van der Waals surface area contributed by atoms with Gasteiger partial charge in [0.2, 0.25) is 11.8 Å². The molecule has 0 fully saturated rings. The summed E-state index contributed by atoms with van der Waals surface area (Å²) in [6.45, 7) is 0.00701. The van der Waals surface area contributed by atoms with Crippen molar-refractivity contribution >= 4 is 5.97 Å². The molecule has 0 aliphatic carbocycles. The third-order valence-electron chi connectivity index (χ3n) is 4.62. The predicted octanol–water partition coefficient (Wildman–Crippen LogP) is 3.91. The lowest BCUT2D eigenvalue weighted by Crippen LogP contribution is -2.23. The molecule has 0 atom stereocenters. The van der Waals surface area contributed by atoms with Gasteiger partial charge < -0.3 is 14.6 Å². The molecule has 0 amide bonds. The highest BCUT2D eigenvalue weighted by atomic mass is 19.4. The van der Waals surface area contributed by atoms with Gasteiger partial charge in [-0.15, -0.1) is 13.2 Å². The van der Waals surface area contributed by atoms with E-state index in [-0.39, 0.29) is 18.1 Å². The van der Waals surface area contributed by atoms with E-state index in [1.54, 1.807) is 36.4 Å². The minimum Gasteiger partial charge on any atom is -0.493 e. The van der Waals surface area contributed by atoms with Gasteiger partial charge in [0.15, 0.2) is 0 Å². The molecule has 4 aromatic rings. The van der Waals surface area contributed by atoms with Crippen molar-refractivity contribution in [3.05, 3.63) is 101 Å².